The van der Waals surface area contributed by atoms with Gasteiger partial charge in [0.15, 0.2) is 5.78 Å². The van der Waals surface area contributed by atoms with E-state index in [1.54, 1.807) is 13.8 Å². The lowest BCUT2D eigenvalue weighted by molar-refractivity contribution is 0.0892. The van der Waals surface area contributed by atoms with Gasteiger partial charge in [0, 0.05) is 5.56 Å². The smallest absolute Gasteiger partial charge is 0.182 e. The average molecular weight is 229 g/mol. The number of nitrogens with zero attached hydrogens (tertiary/aromatic N) is 1. The molecule has 0 aliphatic carbocycles. The highest BCUT2D eigenvalue weighted by Crippen LogP contribution is 2.25. The van der Waals surface area contributed by atoms with E-state index >= 15 is 0 Å². The van der Waals surface area contributed by atoms with Crippen molar-refractivity contribution in [2.75, 3.05) is 0 Å². The molecule has 0 fully saturated rings. The predicted molar refractivity (Wildman–Crippen MR) is 68.9 cm³/mol. The molecule has 0 unspecified atom stereocenters. The van der Waals surface area contributed by atoms with Crippen LogP contribution in [0.4, 0.5) is 0 Å². The first-order valence-corrected chi connectivity index (χ1v) is 5.75. The number of benzene rings is 1. The van der Waals surface area contributed by atoms with Crippen LogP contribution in [-0.4, -0.2) is 5.78 Å². The number of carbonyl (C=O) groups is 1. The molecule has 0 aromatic heterocycles. The number of hydrogen-bond acceptors (Lipinski definition) is 2. The van der Waals surface area contributed by atoms with Gasteiger partial charge in [0.2, 0.25) is 0 Å². The van der Waals surface area contributed by atoms with Crippen LogP contribution in [0.5, 0.6) is 0 Å². The van der Waals surface area contributed by atoms with Gasteiger partial charge in [0.1, 0.15) is 5.41 Å². The van der Waals surface area contributed by atoms with Gasteiger partial charge in [0.05, 0.1) is 6.07 Å². The van der Waals surface area contributed by atoms with E-state index < -0.39 is 5.41 Å². The molecule has 0 aliphatic rings. The predicted octanol–water partition coefficient (Wildman–Crippen LogP) is 3.72. The molecule has 0 radical (unpaired) electrons. The Labute approximate surface area is 103 Å². The molecular formula is C15H19NO. The third-order valence-electron chi connectivity index (χ3n) is 2.86. The van der Waals surface area contributed by atoms with Gasteiger partial charge < -0.3 is 0 Å². The molecule has 0 spiro atoms. The minimum atomic E-state index is -0.955. The summed E-state index contributed by atoms with van der Waals surface area (Å²) in [6.45, 7) is 9.68. The molecule has 0 aliphatic heterocycles. The number of hydrogen-bond donors (Lipinski definition) is 0. The summed E-state index contributed by atoms with van der Waals surface area (Å²) in [4.78, 5) is 12.0. The van der Waals surface area contributed by atoms with Gasteiger partial charge in [0.25, 0.3) is 0 Å². The summed E-state index contributed by atoms with van der Waals surface area (Å²) in [7, 11) is 0. The summed E-state index contributed by atoms with van der Waals surface area (Å²) in [5.74, 6) is -0.125. The topological polar surface area (TPSA) is 40.9 Å². The molecule has 0 amide bonds. The fourth-order valence-electron chi connectivity index (χ4n) is 1.53. The van der Waals surface area contributed by atoms with Gasteiger partial charge in [-0.05, 0) is 24.8 Å². The van der Waals surface area contributed by atoms with Gasteiger partial charge in [-0.2, -0.15) is 5.26 Å². The highest BCUT2D eigenvalue weighted by atomic mass is 16.1. The van der Waals surface area contributed by atoms with E-state index in [0.717, 1.165) is 0 Å². The third kappa shape index (κ3) is 2.94. The Balaban J connectivity index is 3.06. The van der Waals surface area contributed by atoms with Crippen LogP contribution < -0.4 is 0 Å². The van der Waals surface area contributed by atoms with Gasteiger partial charge in [-0.15, -0.1) is 0 Å². The van der Waals surface area contributed by atoms with Crippen LogP contribution in [0.1, 0.15) is 50.5 Å². The Morgan fingerprint density at radius 1 is 1.06 bits per heavy atom. The van der Waals surface area contributed by atoms with Crippen LogP contribution in [0, 0.1) is 16.7 Å². The van der Waals surface area contributed by atoms with Crippen molar-refractivity contribution in [2.45, 2.75) is 40.0 Å². The van der Waals surface area contributed by atoms with Crippen LogP contribution >= 0.6 is 0 Å². The molecule has 0 heterocycles. The van der Waals surface area contributed by atoms with E-state index in [0.29, 0.717) is 5.56 Å². The molecule has 1 aromatic rings. The lowest BCUT2D eigenvalue weighted by Crippen LogP contribution is -2.22. The van der Waals surface area contributed by atoms with Gasteiger partial charge in [-0.1, -0.05) is 45.0 Å². The fourth-order valence-corrected chi connectivity index (χ4v) is 1.53. The summed E-state index contributed by atoms with van der Waals surface area (Å²) in [6.07, 6.45) is 0. The van der Waals surface area contributed by atoms with Crippen molar-refractivity contribution < 1.29 is 4.79 Å². The summed E-state index contributed by atoms with van der Waals surface area (Å²) in [5, 5.41) is 8.94. The Morgan fingerprint density at radius 3 is 1.88 bits per heavy atom. The second kappa shape index (κ2) is 4.33. The summed E-state index contributed by atoms with van der Waals surface area (Å²) in [6, 6.07) is 9.57. The lowest BCUT2D eigenvalue weighted by atomic mass is 9.83. The quantitative estimate of drug-likeness (QED) is 0.725. The standard InChI is InChI=1S/C15H19NO/c1-14(2,3)12-8-6-11(7-9-12)13(17)15(4,5)10-16/h6-9H,1-5H3. The van der Waals surface area contributed by atoms with Crippen LogP contribution in [0.2, 0.25) is 0 Å². The second-order valence-corrected chi connectivity index (χ2v) is 5.89. The van der Waals surface area contributed by atoms with Crippen molar-refractivity contribution in [2.24, 2.45) is 5.41 Å². The molecule has 0 saturated carbocycles. The number of ketones is 1. The molecule has 2 heteroatoms. The van der Waals surface area contributed by atoms with Crippen LogP contribution in [0.25, 0.3) is 0 Å². The first-order chi connectivity index (χ1) is 7.68. The summed E-state index contributed by atoms with van der Waals surface area (Å²) < 4.78 is 0. The Bertz CT molecular complexity index is 455. The molecule has 1 aromatic carbocycles. The van der Waals surface area contributed by atoms with Crippen molar-refractivity contribution in [3.8, 4) is 6.07 Å². The van der Waals surface area contributed by atoms with Crippen molar-refractivity contribution >= 4 is 5.78 Å². The summed E-state index contributed by atoms with van der Waals surface area (Å²) >= 11 is 0. The zero-order valence-electron chi connectivity index (χ0n) is 11.2. The molecule has 1 rings (SSSR count). The lowest BCUT2D eigenvalue weighted by Gasteiger charge is -2.20. The van der Waals surface area contributed by atoms with E-state index in [2.05, 4.69) is 20.8 Å². The van der Waals surface area contributed by atoms with E-state index in [1.165, 1.54) is 5.56 Å². The number of Topliss-reactive ketones (excluding diaryl/α,β-unsaturated/α-hetero) is 1. The number of nitriles is 1. The van der Waals surface area contributed by atoms with Crippen molar-refractivity contribution in [3.63, 3.8) is 0 Å². The summed E-state index contributed by atoms with van der Waals surface area (Å²) in [5.41, 5.74) is 0.906. The Kier molecular flexibility index (Phi) is 3.43. The Hall–Kier alpha value is -1.62. The Morgan fingerprint density at radius 2 is 1.53 bits per heavy atom. The molecule has 90 valence electrons. The molecule has 0 saturated heterocycles. The van der Waals surface area contributed by atoms with E-state index in [9.17, 15) is 4.79 Å². The normalized spacial score (nSPS) is 12.0. The van der Waals surface area contributed by atoms with Gasteiger partial charge in [-0.3, -0.25) is 4.79 Å². The van der Waals surface area contributed by atoms with Crippen molar-refractivity contribution in [1.29, 1.82) is 5.26 Å². The highest BCUT2D eigenvalue weighted by Gasteiger charge is 2.28. The molecule has 17 heavy (non-hydrogen) atoms. The largest absolute Gasteiger partial charge is 0.292 e. The zero-order chi connectivity index (χ0) is 13.3. The van der Waals surface area contributed by atoms with Gasteiger partial charge >= 0.3 is 0 Å². The molecular weight excluding hydrogens is 210 g/mol. The average Bonchev–Trinajstić information content (AvgIpc) is 2.27. The van der Waals surface area contributed by atoms with Crippen molar-refractivity contribution in [1.82, 2.24) is 0 Å². The first-order valence-electron chi connectivity index (χ1n) is 5.75. The SMILES string of the molecule is CC(C)(C#N)C(=O)c1ccc(C(C)(C)C)cc1. The second-order valence-electron chi connectivity index (χ2n) is 5.89. The van der Waals surface area contributed by atoms with Crippen LogP contribution in [0.3, 0.4) is 0 Å². The maximum Gasteiger partial charge on any atom is 0.182 e. The maximum atomic E-state index is 12.0. The first kappa shape index (κ1) is 13.4. The molecule has 0 N–H and O–H groups in total. The molecule has 0 bridgehead atoms. The third-order valence-corrected chi connectivity index (χ3v) is 2.86. The number of rotatable bonds is 2. The van der Waals surface area contributed by atoms with E-state index in [-0.39, 0.29) is 11.2 Å². The molecule has 0 atom stereocenters. The van der Waals surface area contributed by atoms with Crippen LogP contribution in [0.15, 0.2) is 24.3 Å². The maximum absolute atomic E-state index is 12.0. The zero-order valence-corrected chi connectivity index (χ0v) is 11.2. The highest BCUT2D eigenvalue weighted by molar-refractivity contribution is 6.01. The minimum absolute atomic E-state index is 0.0757. The van der Waals surface area contributed by atoms with Crippen molar-refractivity contribution in [3.05, 3.63) is 35.4 Å². The fraction of sp³-hybridized carbons (Fsp3) is 0.467. The minimum Gasteiger partial charge on any atom is -0.292 e. The monoisotopic (exact) mass is 229 g/mol. The van der Waals surface area contributed by atoms with Crippen LogP contribution in [-0.2, 0) is 5.41 Å². The van der Waals surface area contributed by atoms with Gasteiger partial charge in [-0.25, -0.2) is 0 Å². The molecule has 2 nitrogen and oxygen atoms in total. The number of carbonyl (C=O) groups excluding carboxylic acids is 1. The van der Waals surface area contributed by atoms with E-state index in [1.807, 2.05) is 30.3 Å². The van der Waals surface area contributed by atoms with E-state index in [4.69, 9.17) is 5.26 Å².